The fraction of sp³-hybridized carbons (Fsp3) is 0.533. The number of amides is 2. The molecular weight excluding hydrogens is 530 g/mol. The van der Waals surface area contributed by atoms with Gasteiger partial charge in [-0.05, 0) is 57.0 Å². The number of hydrogen-bond acceptors (Lipinski definition) is 6. The molecule has 1 aliphatic heterocycles. The molecule has 2 amide bonds. The fourth-order valence-electron chi connectivity index (χ4n) is 5.37. The molecule has 2 aromatic rings. The minimum atomic E-state index is -3.77. The van der Waals surface area contributed by atoms with E-state index in [1.54, 1.807) is 54.3 Å². The second kappa shape index (κ2) is 12.7. The van der Waals surface area contributed by atoms with Gasteiger partial charge < -0.3 is 20.1 Å². The first-order chi connectivity index (χ1) is 19.0. The molecule has 3 atom stereocenters. The molecule has 0 saturated heterocycles. The van der Waals surface area contributed by atoms with E-state index in [1.807, 2.05) is 13.8 Å². The lowest BCUT2D eigenvalue weighted by Gasteiger charge is -2.38. The smallest absolute Gasteiger partial charge is 0.258 e. The highest BCUT2D eigenvalue weighted by molar-refractivity contribution is 7.89. The van der Waals surface area contributed by atoms with E-state index < -0.39 is 22.2 Å². The van der Waals surface area contributed by atoms with Crippen LogP contribution in [0.15, 0.2) is 47.4 Å². The summed E-state index contributed by atoms with van der Waals surface area (Å²) in [6.45, 7) is 5.68. The summed E-state index contributed by atoms with van der Waals surface area (Å²) in [4.78, 5) is 28.4. The SMILES string of the molecule is Cc1ccc(S(=O)(=O)N(C)C[C@H]2Oc3ccc(NC(=O)C4CCCCC4)cc3C(=O)N([C@@H](C)CO)C[C@H]2C)cc1. The maximum Gasteiger partial charge on any atom is 0.258 e. The molecule has 1 fully saturated rings. The van der Waals surface area contributed by atoms with Gasteiger partial charge in [-0.2, -0.15) is 4.31 Å². The van der Waals surface area contributed by atoms with Gasteiger partial charge in [-0.25, -0.2) is 8.42 Å². The number of aliphatic hydroxyl groups is 1. The van der Waals surface area contributed by atoms with Crippen molar-refractivity contribution in [3.05, 3.63) is 53.6 Å². The van der Waals surface area contributed by atoms with Gasteiger partial charge in [0.2, 0.25) is 15.9 Å². The van der Waals surface area contributed by atoms with Crippen molar-refractivity contribution in [1.29, 1.82) is 0 Å². The Morgan fingerprint density at radius 2 is 1.82 bits per heavy atom. The molecule has 2 aromatic carbocycles. The third kappa shape index (κ3) is 6.67. The lowest BCUT2D eigenvalue weighted by atomic mass is 9.88. The summed E-state index contributed by atoms with van der Waals surface area (Å²) < 4.78 is 34.2. The van der Waals surface area contributed by atoms with E-state index in [9.17, 15) is 23.1 Å². The molecule has 40 heavy (non-hydrogen) atoms. The standard InChI is InChI=1S/C30H41N3O6S/c1-20-10-13-25(14-11-20)40(37,38)32(4)18-28-21(2)17-33(22(3)19-34)30(36)26-16-24(12-15-27(26)39-28)31-29(35)23-8-6-5-7-9-23/h10-16,21-23,28,34H,5-9,17-19H2,1-4H3,(H,31,35)/t21-,22+,28-/m1/s1. The van der Waals surface area contributed by atoms with Gasteiger partial charge >= 0.3 is 0 Å². The number of nitrogens with zero attached hydrogens (tertiary/aromatic N) is 2. The molecule has 0 aromatic heterocycles. The second-order valence-electron chi connectivity index (χ2n) is 11.3. The lowest BCUT2D eigenvalue weighted by molar-refractivity contribution is -0.120. The molecule has 0 unspecified atom stereocenters. The Kier molecular flexibility index (Phi) is 9.53. The number of hydrogen-bond donors (Lipinski definition) is 2. The Labute approximate surface area is 237 Å². The predicted molar refractivity (Wildman–Crippen MR) is 154 cm³/mol. The fourth-order valence-corrected chi connectivity index (χ4v) is 6.55. The van der Waals surface area contributed by atoms with Crippen LogP contribution in [0.1, 0.15) is 61.9 Å². The minimum absolute atomic E-state index is 0.0372. The number of carbonyl (C=O) groups excluding carboxylic acids is 2. The number of carbonyl (C=O) groups is 2. The predicted octanol–water partition coefficient (Wildman–Crippen LogP) is 4.05. The Morgan fingerprint density at radius 3 is 2.48 bits per heavy atom. The van der Waals surface area contributed by atoms with Crippen molar-refractivity contribution in [2.75, 3.05) is 32.1 Å². The summed E-state index contributed by atoms with van der Waals surface area (Å²) in [5.74, 6) is -0.323. The van der Waals surface area contributed by atoms with Gasteiger partial charge in [0.1, 0.15) is 11.9 Å². The lowest BCUT2D eigenvalue weighted by Crippen LogP contribution is -2.50. The van der Waals surface area contributed by atoms with E-state index in [-0.39, 0.29) is 53.8 Å². The van der Waals surface area contributed by atoms with Crippen LogP contribution in [-0.2, 0) is 14.8 Å². The third-order valence-electron chi connectivity index (χ3n) is 8.07. The van der Waals surface area contributed by atoms with E-state index >= 15 is 0 Å². The molecule has 0 bridgehead atoms. The van der Waals surface area contributed by atoms with Crippen molar-refractivity contribution in [2.24, 2.45) is 11.8 Å². The molecule has 2 aliphatic rings. The van der Waals surface area contributed by atoms with Crippen LogP contribution in [0.3, 0.4) is 0 Å². The maximum atomic E-state index is 13.7. The first-order valence-corrected chi connectivity index (χ1v) is 15.5. The van der Waals surface area contributed by atoms with Gasteiger partial charge in [-0.15, -0.1) is 0 Å². The molecule has 4 rings (SSSR count). The minimum Gasteiger partial charge on any atom is -0.488 e. The number of aryl methyl sites for hydroxylation is 1. The van der Waals surface area contributed by atoms with Crippen LogP contribution in [-0.4, -0.2) is 73.4 Å². The molecule has 1 saturated carbocycles. The second-order valence-corrected chi connectivity index (χ2v) is 13.3. The summed E-state index contributed by atoms with van der Waals surface area (Å²) >= 11 is 0. The molecule has 2 N–H and O–H groups in total. The average molecular weight is 572 g/mol. The first kappa shape index (κ1) is 30.0. The van der Waals surface area contributed by atoms with Crippen molar-refractivity contribution < 1.29 is 27.9 Å². The average Bonchev–Trinajstić information content (AvgIpc) is 2.95. The van der Waals surface area contributed by atoms with Gasteiger partial charge in [-0.3, -0.25) is 9.59 Å². The summed E-state index contributed by atoms with van der Waals surface area (Å²) in [5.41, 5.74) is 1.74. The van der Waals surface area contributed by atoms with E-state index in [2.05, 4.69) is 5.32 Å². The van der Waals surface area contributed by atoms with Gasteiger partial charge in [0.25, 0.3) is 5.91 Å². The normalized spacial score (nSPS) is 21.2. The highest BCUT2D eigenvalue weighted by Crippen LogP contribution is 2.32. The van der Waals surface area contributed by atoms with Gasteiger partial charge in [0.15, 0.2) is 0 Å². The van der Waals surface area contributed by atoms with Crippen LogP contribution in [0.25, 0.3) is 0 Å². The van der Waals surface area contributed by atoms with E-state index in [4.69, 9.17) is 4.74 Å². The number of rotatable bonds is 8. The number of ether oxygens (including phenoxy) is 1. The molecule has 1 aliphatic carbocycles. The van der Waals surface area contributed by atoms with E-state index in [1.165, 1.54) is 11.4 Å². The molecule has 0 radical (unpaired) electrons. The molecule has 9 nitrogen and oxygen atoms in total. The van der Waals surface area contributed by atoms with Crippen LogP contribution < -0.4 is 10.1 Å². The monoisotopic (exact) mass is 571 g/mol. The Bertz CT molecular complexity index is 1310. The number of sulfonamides is 1. The van der Waals surface area contributed by atoms with Crippen molar-refractivity contribution in [3.63, 3.8) is 0 Å². The molecule has 0 spiro atoms. The zero-order chi connectivity index (χ0) is 29.0. The van der Waals surface area contributed by atoms with Gasteiger partial charge in [0.05, 0.1) is 29.7 Å². The zero-order valence-electron chi connectivity index (χ0n) is 23.8. The summed E-state index contributed by atoms with van der Waals surface area (Å²) in [7, 11) is -2.25. The number of anilines is 1. The largest absolute Gasteiger partial charge is 0.488 e. The molecule has 1 heterocycles. The van der Waals surface area contributed by atoms with Crippen LogP contribution >= 0.6 is 0 Å². The summed E-state index contributed by atoms with van der Waals surface area (Å²) in [5, 5.41) is 12.9. The number of aliphatic hydroxyl groups excluding tert-OH is 1. The topological polar surface area (TPSA) is 116 Å². The van der Waals surface area contributed by atoms with Gasteiger partial charge in [0, 0.05) is 31.1 Å². The third-order valence-corrected chi connectivity index (χ3v) is 9.91. The molecular formula is C30H41N3O6S. The van der Waals surface area contributed by atoms with E-state index in [0.29, 0.717) is 11.4 Å². The van der Waals surface area contributed by atoms with Crippen LogP contribution in [0, 0.1) is 18.8 Å². The molecule has 218 valence electrons. The van der Waals surface area contributed by atoms with Crippen molar-refractivity contribution in [1.82, 2.24) is 9.21 Å². The van der Waals surface area contributed by atoms with E-state index in [0.717, 1.165) is 37.7 Å². The Morgan fingerprint density at radius 1 is 1.15 bits per heavy atom. The number of likely N-dealkylation sites (N-methyl/N-ethyl adjacent to an activating group) is 1. The van der Waals surface area contributed by atoms with Gasteiger partial charge in [-0.1, -0.05) is 43.9 Å². The van der Waals surface area contributed by atoms with Crippen LogP contribution in [0.2, 0.25) is 0 Å². The van der Waals surface area contributed by atoms with Crippen molar-refractivity contribution >= 4 is 27.5 Å². The highest BCUT2D eigenvalue weighted by Gasteiger charge is 2.35. The zero-order valence-corrected chi connectivity index (χ0v) is 24.6. The molecule has 10 heteroatoms. The number of benzene rings is 2. The van der Waals surface area contributed by atoms with Crippen LogP contribution in [0.4, 0.5) is 5.69 Å². The number of fused-ring (bicyclic) bond motifs is 1. The quantitative estimate of drug-likeness (QED) is 0.494. The Balaban J connectivity index is 1.62. The first-order valence-electron chi connectivity index (χ1n) is 14.1. The highest BCUT2D eigenvalue weighted by atomic mass is 32.2. The maximum absolute atomic E-state index is 13.7. The Hall–Kier alpha value is -2.95. The number of nitrogens with one attached hydrogen (secondary N) is 1. The van der Waals surface area contributed by atoms with Crippen LogP contribution in [0.5, 0.6) is 5.75 Å². The van der Waals surface area contributed by atoms with Crippen molar-refractivity contribution in [2.45, 2.75) is 69.9 Å². The summed E-state index contributed by atoms with van der Waals surface area (Å²) in [6.07, 6.45) is 4.37. The summed E-state index contributed by atoms with van der Waals surface area (Å²) in [6, 6.07) is 11.2. The van der Waals surface area contributed by atoms with Crippen molar-refractivity contribution in [3.8, 4) is 5.75 Å².